The lowest BCUT2D eigenvalue weighted by molar-refractivity contribution is 0.214. The Bertz CT molecular complexity index is 614. The number of halogens is 2. The smallest absolute Gasteiger partial charge is 0.191 e. The molecule has 152 valence electrons. The standard InChI is InChI=1S/C19H31FN6.HI/c1-3-21-19(23-12-15-6-5-10-25(2)13-15)24-16-8-11-26(14-16)18-17(20)7-4-9-22-18;/h4,7,9,15-16H,3,5-6,8,10-14H2,1-2H3,(H2,21,23,24);1H. The summed E-state index contributed by atoms with van der Waals surface area (Å²) in [5.74, 6) is 1.69. The molecular formula is C19H32FIN6. The third-order valence-corrected chi connectivity index (χ3v) is 5.14. The van der Waals surface area contributed by atoms with Crippen LogP contribution in [0.15, 0.2) is 23.3 Å². The van der Waals surface area contributed by atoms with Crippen LogP contribution in [0.2, 0.25) is 0 Å². The van der Waals surface area contributed by atoms with Crippen molar-refractivity contribution in [2.24, 2.45) is 10.9 Å². The first-order chi connectivity index (χ1) is 12.7. The molecule has 3 rings (SSSR count). The van der Waals surface area contributed by atoms with Crippen LogP contribution in [0.25, 0.3) is 0 Å². The zero-order valence-corrected chi connectivity index (χ0v) is 18.7. The van der Waals surface area contributed by atoms with Crippen molar-refractivity contribution in [2.45, 2.75) is 32.2 Å². The number of aliphatic imine (C=N–C) groups is 1. The molecular weight excluding hydrogens is 458 g/mol. The molecule has 0 aromatic carbocycles. The van der Waals surface area contributed by atoms with Crippen molar-refractivity contribution >= 4 is 35.8 Å². The maximum Gasteiger partial charge on any atom is 0.191 e. The summed E-state index contributed by atoms with van der Waals surface area (Å²) >= 11 is 0. The van der Waals surface area contributed by atoms with Gasteiger partial charge in [-0.1, -0.05) is 0 Å². The second-order valence-electron chi connectivity index (χ2n) is 7.37. The van der Waals surface area contributed by atoms with E-state index in [1.807, 2.05) is 4.90 Å². The topological polar surface area (TPSA) is 55.8 Å². The summed E-state index contributed by atoms with van der Waals surface area (Å²) in [4.78, 5) is 13.4. The van der Waals surface area contributed by atoms with E-state index in [9.17, 15) is 4.39 Å². The first-order valence-corrected chi connectivity index (χ1v) is 9.74. The monoisotopic (exact) mass is 490 g/mol. The number of hydrogen-bond donors (Lipinski definition) is 2. The fourth-order valence-corrected chi connectivity index (χ4v) is 3.84. The van der Waals surface area contributed by atoms with Gasteiger partial charge in [-0.25, -0.2) is 9.37 Å². The van der Waals surface area contributed by atoms with Gasteiger partial charge in [0.05, 0.1) is 0 Å². The fourth-order valence-electron chi connectivity index (χ4n) is 3.84. The Balaban J connectivity index is 0.00000261. The third kappa shape index (κ3) is 6.44. The molecule has 0 amide bonds. The highest BCUT2D eigenvalue weighted by molar-refractivity contribution is 14.0. The Kier molecular flexibility index (Phi) is 9.01. The van der Waals surface area contributed by atoms with Crippen LogP contribution in [0.5, 0.6) is 0 Å². The molecule has 2 saturated heterocycles. The number of piperidine rings is 1. The summed E-state index contributed by atoms with van der Waals surface area (Å²) in [5.41, 5.74) is 0. The maximum absolute atomic E-state index is 13.9. The van der Waals surface area contributed by atoms with Crippen LogP contribution in [-0.4, -0.2) is 68.2 Å². The Morgan fingerprint density at radius 3 is 2.93 bits per heavy atom. The number of rotatable bonds is 5. The predicted octanol–water partition coefficient (Wildman–Crippen LogP) is 2.31. The van der Waals surface area contributed by atoms with E-state index < -0.39 is 0 Å². The lowest BCUT2D eigenvalue weighted by Crippen LogP contribution is -2.45. The van der Waals surface area contributed by atoms with Gasteiger partial charge in [-0.15, -0.1) is 24.0 Å². The average Bonchev–Trinajstić information content (AvgIpc) is 3.09. The van der Waals surface area contributed by atoms with Gasteiger partial charge < -0.3 is 20.4 Å². The first-order valence-electron chi connectivity index (χ1n) is 9.74. The van der Waals surface area contributed by atoms with Crippen LogP contribution in [0.4, 0.5) is 10.2 Å². The molecule has 2 N–H and O–H groups in total. The van der Waals surface area contributed by atoms with Gasteiger partial charge >= 0.3 is 0 Å². The summed E-state index contributed by atoms with van der Waals surface area (Å²) in [5, 5.41) is 6.86. The molecule has 2 atom stereocenters. The summed E-state index contributed by atoms with van der Waals surface area (Å²) < 4.78 is 13.9. The Hall–Kier alpha value is -1.16. The van der Waals surface area contributed by atoms with Crippen molar-refractivity contribution in [2.75, 3.05) is 51.2 Å². The van der Waals surface area contributed by atoms with Crippen molar-refractivity contribution in [3.05, 3.63) is 24.1 Å². The van der Waals surface area contributed by atoms with Gasteiger partial charge in [0.15, 0.2) is 17.6 Å². The van der Waals surface area contributed by atoms with Crippen LogP contribution in [-0.2, 0) is 0 Å². The number of hydrogen-bond acceptors (Lipinski definition) is 4. The van der Waals surface area contributed by atoms with Gasteiger partial charge in [-0.2, -0.15) is 0 Å². The van der Waals surface area contributed by atoms with Gasteiger partial charge in [0.1, 0.15) is 0 Å². The zero-order chi connectivity index (χ0) is 18.4. The second kappa shape index (κ2) is 11.0. The number of likely N-dealkylation sites (tertiary alicyclic amines) is 1. The molecule has 0 aliphatic carbocycles. The largest absolute Gasteiger partial charge is 0.357 e. The minimum atomic E-state index is -0.254. The van der Waals surface area contributed by atoms with Crippen LogP contribution in [0.1, 0.15) is 26.2 Å². The lowest BCUT2D eigenvalue weighted by atomic mass is 9.99. The lowest BCUT2D eigenvalue weighted by Gasteiger charge is -2.29. The number of anilines is 1. The van der Waals surface area contributed by atoms with Crippen LogP contribution in [0.3, 0.4) is 0 Å². The molecule has 0 bridgehead atoms. The third-order valence-electron chi connectivity index (χ3n) is 5.14. The minimum Gasteiger partial charge on any atom is -0.357 e. The van der Waals surface area contributed by atoms with Crippen molar-refractivity contribution in [1.29, 1.82) is 0 Å². The SMILES string of the molecule is CCNC(=NCC1CCCN(C)C1)NC1CCN(c2ncccc2F)C1.I. The molecule has 6 nitrogen and oxygen atoms in total. The fraction of sp³-hybridized carbons (Fsp3) is 0.684. The summed E-state index contributed by atoms with van der Waals surface area (Å²) in [6.07, 6.45) is 5.11. The van der Waals surface area contributed by atoms with E-state index in [-0.39, 0.29) is 35.8 Å². The molecule has 0 spiro atoms. The van der Waals surface area contributed by atoms with Crippen LogP contribution >= 0.6 is 24.0 Å². The first kappa shape index (κ1) is 22.1. The summed E-state index contributed by atoms with van der Waals surface area (Å²) in [6, 6.07) is 3.35. The Labute approximate surface area is 179 Å². The molecule has 8 heteroatoms. The normalized spacial score (nSPS) is 23.8. The van der Waals surface area contributed by atoms with E-state index >= 15 is 0 Å². The number of nitrogens with zero attached hydrogens (tertiary/aromatic N) is 4. The molecule has 1 aromatic rings. The highest BCUT2D eigenvalue weighted by atomic mass is 127. The molecule has 2 aliphatic heterocycles. The van der Waals surface area contributed by atoms with Gasteiger partial charge in [0.25, 0.3) is 0 Å². The molecule has 27 heavy (non-hydrogen) atoms. The minimum absolute atomic E-state index is 0. The molecule has 2 fully saturated rings. The van der Waals surface area contributed by atoms with Crippen molar-refractivity contribution in [1.82, 2.24) is 20.5 Å². The Morgan fingerprint density at radius 2 is 2.19 bits per heavy atom. The zero-order valence-electron chi connectivity index (χ0n) is 16.3. The molecule has 3 heterocycles. The van der Waals surface area contributed by atoms with Crippen LogP contribution in [0, 0.1) is 11.7 Å². The number of nitrogens with one attached hydrogen (secondary N) is 2. The highest BCUT2D eigenvalue weighted by Crippen LogP contribution is 2.21. The van der Waals surface area contributed by atoms with E-state index in [2.05, 4.69) is 34.5 Å². The summed E-state index contributed by atoms with van der Waals surface area (Å²) in [7, 11) is 2.18. The van der Waals surface area contributed by atoms with Gasteiger partial charge in [-0.05, 0) is 57.8 Å². The van der Waals surface area contributed by atoms with Crippen molar-refractivity contribution < 1.29 is 4.39 Å². The van der Waals surface area contributed by atoms with E-state index in [0.29, 0.717) is 11.7 Å². The quantitative estimate of drug-likeness (QED) is 0.377. The Morgan fingerprint density at radius 1 is 1.33 bits per heavy atom. The van der Waals surface area contributed by atoms with Gasteiger partial charge in [0.2, 0.25) is 0 Å². The maximum atomic E-state index is 13.9. The second-order valence-corrected chi connectivity index (χ2v) is 7.37. The van der Waals surface area contributed by atoms with Gasteiger partial charge in [0, 0.05) is 45.0 Å². The van der Waals surface area contributed by atoms with E-state index in [0.717, 1.165) is 45.1 Å². The van der Waals surface area contributed by atoms with Crippen molar-refractivity contribution in [3.63, 3.8) is 0 Å². The average molecular weight is 490 g/mol. The number of guanidine groups is 1. The van der Waals surface area contributed by atoms with Crippen molar-refractivity contribution in [3.8, 4) is 0 Å². The van der Waals surface area contributed by atoms with Crippen LogP contribution < -0.4 is 15.5 Å². The molecule has 2 unspecified atom stereocenters. The van der Waals surface area contributed by atoms with E-state index in [4.69, 9.17) is 4.99 Å². The number of pyridine rings is 1. The molecule has 0 radical (unpaired) electrons. The molecule has 0 saturated carbocycles. The molecule has 1 aromatic heterocycles. The van der Waals surface area contributed by atoms with Gasteiger partial charge in [-0.3, -0.25) is 4.99 Å². The van der Waals surface area contributed by atoms with E-state index in [1.165, 1.54) is 25.5 Å². The summed E-state index contributed by atoms with van der Waals surface area (Å²) in [6.45, 7) is 7.63. The predicted molar refractivity (Wildman–Crippen MR) is 120 cm³/mol. The highest BCUT2D eigenvalue weighted by Gasteiger charge is 2.26. The molecule has 2 aliphatic rings. The number of aromatic nitrogens is 1. The van der Waals surface area contributed by atoms with E-state index in [1.54, 1.807) is 12.3 Å².